The number of carbonyl (C=O) groups is 1. The van der Waals surface area contributed by atoms with E-state index in [9.17, 15) is 22.4 Å². The van der Waals surface area contributed by atoms with Crippen molar-refractivity contribution in [2.75, 3.05) is 6.61 Å². The fourth-order valence-electron chi connectivity index (χ4n) is 3.64. The number of alkyl halides is 3. The van der Waals surface area contributed by atoms with Gasteiger partial charge in [0.15, 0.2) is 0 Å². The predicted molar refractivity (Wildman–Crippen MR) is 110 cm³/mol. The Kier molecular flexibility index (Phi) is 6.03. The minimum atomic E-state index is -4.60. The monoisotopic (exact) mass is 445 g/mol. The maximum atomic E-state index is 14.2. The Balaban J connectivity index is 1.46. The summed E-state index contributed by atoms with van der Waals surface area (Å²) in [7, 11) is 0. The molecule has 1 aliphatic heterocycles. The topological polar surface area (TPSA) is 47.6 Å². The van der Waals surface area contributed by atoms with Gasteiger partial charge in [-0.15, -0.1) is 0 Å². The van der Waals surface area contributed by atoms with Crippen LogP contribution in [-0.4, -0.2) is 18.8 Å². The number of rotatable bonds is 5. The van der Waals surface area contributed by atoms with Crippen LogP contribution in [0.4, 0.5) is 22.4 Å². The average molecular weight is 445 g/mol. The van der Waals surface area contributed by atoms with Gasteiger partial charge in [0, 0.05) is 24.1 Å². The van der Waals surface area contributed by atoms with Crippen molar-refractivity contribution in [2.45, 2.75) is 25.2 Å². The molecule has 1 aliphatic rings. The first-order chi connectivity index (χ1) is 15.3. The number of fused-ring (bicyclic) bond motifs is 1. The molecule has 0 radical (unpaired) electrons. The summed E-state index contributed by atoms with van der Waals surface area (Å²) in [6, 6.07) is 16.5. The fourth-order valence-corrected chi connectivity index (χ4v) is 3.64. The van der Waals surface area contributed by atoms with E-state index < -0.39 is 29.8 Å². The molecule has 4 nitrogen and oxygen atoms in total. The van der Waals surface area contributed by atoms with Crippen LogP contribution in [0, 0.1) is 5.82 Å². The number of nitrogens with one attached hydrogen (secondary N) is 1. The lowest BCUT2D eigenvalue weighted by atomic mass is 9.96. The lowest BCUT2D eigenvalue weighted by Crippen LogP contribution is -2.29. The smallest absolute Gasteiger partial charge is 0.417 e. The molecule has 32 heavy (non-hydrogen) atoms. The molecule has 4 rings (SSSR count). The van der Waals surface area contributed by atoms with Crippen molar-refractivity contribution in [3.05, 3.63) is 89.2 Å². The van der Waals surface area contributed by atoms with Gasteiger partial charge >= 0.3 is 12.3 Å². The molecule has 0 fully saturated rings. The molecular formula is C24H19F4NO3. The lowest BCUT2D eigenvalue weighted by Gasteiger charge is -2.16. The van der Waals surface area contributed by atoms with Crippen molar-refractivity contribution in [3.8, 4) is 16.9 Å². The molecule has 0 aromatic heterocycles. The highest BCUT2D eigenvalue weighted by atomic mass is 19.4. The zero-order chi connectivity index (χ0) is 22.7. The second-order valence-electron chi connectivity index (χ2n) is 7.37. The number of benzene rings is 3. The summed E-state index contributed by atoms with van der Waals surface area (Å²) < 4.78 is 65.6. The van der Waals surface area contributed by atoms with Gasteiger partial charge in [0.05, 0.1) is 5.56 Å². The van der Waals surface area contributed by atoms with E-state index in [4.69, 9.17) is 9.47 Å². The first kappa shape index (κ1) is 21.7. The van der Waals surface area contributed by atoms with E-state index in [0.717, 1.165) is 17.7 Å². The van der Waals surface area contributed by atoms with Crippen molar-refractivity contribution in [2.24, 2.45) is 0 Å². The summed E-state index contributed by atoms with van der Waals surface area (Å²) in [6.07, 6.45) is -5.68. The standard InChI is InChI=1S/C24H19F4NO3/c25-17-10-16-11-18(14-31-23(30)29-13-15-6-2-1-3-7-15)32-22(16)20(12-17)19-8-4-5-9-21(19)24(26,27)28/h1-10,12,18H,11,13-14H2,(H,29,30). The molecule has 0 aliphatic carbocycles. The average Bonchev–Trinajstić information content (AvgIpc) is 3.18. The molecular weight excluding hydrogens is 426 g/mol. The van der Waals surface area contributed by atoms with Crippen molar-refractivity contribution in [3.63, 3.8) is 0 Å². The number of carbonyl (C=O) groups excluding carboxylic acids is 1. The number of halogens is 4. The van der Waals surface area contributed by atoms with E-state index in [1.807, 2.05) is 30.3 Å². The first-order valence-electron chi connectivity index (χ1n) is 9.91. The van der Waals surface area contributed by atoms with E-state index in [2.05, 4.69) is 5.32 Å². The van der Waals surface area contributed by atoms with Crippen molar-refractivity contribution >= 4 is 6.09 Å². The molecule has 1 unspecified atom stereocenters. The van der Waals surface area contributed by atoms with Crippen LogP contribution in [0.25, 0.3) is 11.1 Å². The van der Waals surface area contributed by atoms with Gasteiger partial charge in [0.25, 0.3) is 0 Å². The van der Waals surface area contributed by atoms with Gasteiger partial charge in [-0.05, 0) is 29.3 Å². The van der Waals surface area contributed by atoms with Gasteiger partial charge in [0.1, 0.15) is 24.3 Å². The van der Waals surface area contributed by atoms with Crippen molar-refractivity contribution in [1.82, 2.24) is 5.32 Å². The first-order valence-corrected chi connectivity index (χ1v) is 9.91. The Morgan fingerprint density at radius 3 is 2.50 bits per heavy atom. The highest BCUT2D eigenvalue weighted by Gasteiger charge is 2.36. The van der Waals surface area contributed by atoms with E-state index >= 15 is 0 Å². The zero-order valence-corrected chi connectivity index (χ0v) is 16.8. The molecule has 3 aromatic rings. The van der Waals surface area contributed by atoms with Crippen LogP contribution in [0.5, 0.6) is 5.75 Å². The van der Waals surface area contributed by atoms with E-state index in [1.54, 1.807) is 0 Å². The second kappa shape index (κ2) is 8.90. The molecule has 1 atom stereocenters. The molecule has 0 saturated heterocycles. The van der Waals surface area contributed by atoms with Gasteiger partial charge < -0.3 is 14.8 Å². The second-order valence-corrected chi connectivity index (χ2v) is 7.37. The normalized spacial score (nSPS) is 15.1. The van der Waals surface area contributed by atoms with Crippen molar-refractivity contribution in [1.29, 1.82) is 0 Å². The summed E-state index contributed by atoms with van der Waals surface area (Å²) in [5.74, 6) is -0.497. The van der Waals surface area contributed by atoms with Gasteiger partial charge in [-0.25, -0.2) is 9.18 Å². The summed E-state index contributed by atoms with van der Waals surface area (Å²) >= 11 is 0. The molecule has 1 heterocycles. The number of ether oxygens (including phenoxy) is 2. The SMILES string of the molecule is O=C(NCc1ccccc1)OCC1Cc2cc(F)cc(-c3ccccc3C(F)(F)F)c2O1. The van der Waals surface area contributed by atoms with Crippen LogP contribution in [0.15, 0.2) is 66.7 Å². The molecule has 3 aromatic carbocycles. The van der Waals surface area contributed by atoms with Crippen LogP contribution >= 0.6 is 0 Å². The Labute approximate surface area is 181 Å². The third kappa shape index (κ3) is 4.85. The lowest BCUT2D eigenvalue weighted by molar-refractivity contribution is -0.137. The third-order valence-corrected chi connectivity index (χ3v) is 5.07. The third-order valence-electron chi connectivity index (χ3n) is 5.07. The predicted octanol–water partition coefficient (Wildman–Crippen LogP) is 5.74. The molecule has 0 bridgehead atoms. The minimum absolute atomic E-state index is 0.0176. The highest BCUT2D eigenvalue weighted by molar-refractivity contribution is 5.76. The number of hydrogen-bond donors (Lipinski definition) is 1. The number of alkyl carbamates (subject to hydrolysis) is 1. The zero-order valence-electron chi connectivity index (χ0n) is 16.8. The van der Waals surface area contributed by atoms with Crippen LogP contribution in [-0.2, 0) is 23.9 Å². The van der Waals surface area contributed by atoms with E-state index in [1.165, 1.54) is 24.3 Å². The fraction of sp³-hybridized carbons (Fsp3) is 0.208. The Hall–Kier alpha value is -3.55. The van der Waals surface area contributed by atoms with Crippen LogP contribution in [0.3, 0.4) is 0 Å². The maximum absolute atomic E-state index is 14.2. The van der Waals surface area contributed by atoms with Gasteiger partial charge in [-0.3, -0.25) is 0 Å². The molecule has 0 saturated carbocycles. The maximum Gasteiger partial charge on any atom is 0.417 e. The molecule has 8 heteroatoms. The van der Waals surface area contributed by atoms with Crippen LogP contribution in [0.1, 0.15) is 16.7 Å². The minimum Gasteiger partial charge on any atom is -0.486 e. The quantitative estimate of drug-likeness (QED) is 0.510. The number of hydrogen-bond acceptors (Lipinski definition) is 3. The Morgan fingerprint density at radius 1 is 1.03 bits per heavy atom. The van der Waals surface area contributed by atoms with Gasteiger partial charge in [0.2, 0.25) is 0 Å². The summed E-state index contributed by atoms with van der Waals surface area (Å²) in [6.45, 7) is 0.159. The summed E-state index contributed by atoms with van der Waals surface area (Å²) in [4.78, 5) is 12.0. The summed E-state index contributed by atoms with van der Waals surface area (Å²) in [5, 5.41) is 2.61. The number of amides is 1. The van der Waals surface area contributed by atoms with Crippen molar-refractivity contribution < 1.29 is 31.8 Å². The van der Waals surface area contributed by atoms with Gasteiger partial charge in [-0.1, -0.05) is 48.5 Å². The Bertz CT molecular complexity index is 1120. The van der Waals surface area contributed by atoms with E-state index in [0.29, 0.717) is 5.56 Å². The molecule has 1 amide bonds. The largest absolute Gasteiger partial charge is 0.486 e. The molecule has 1 N–H and O–H groups in total. The molecule has 166 valence electrons. The van der Waals surface area contributed by atoms with Crippen LogP contribution < -0.4 is 10.1 Å². The summed E-state index contributed by atoms with van der Waals surface area (Å²) in [5.41, 5.74) is 0.297. The Morgan fingerprint density at radius 2 is 1.75 bits per heavy atom. The van der Waals surface area contributed by atoms with E-state index in [-0.39, 0.29) is 36.4 Å². The highest BCUT2D eigenvalue weighted by Crippen LogP contribution is 2.44. The van der Waals surface area contributed by atoms with Crippen LogP contribution in [0.2, 0.25) is 0 Å². The molecule has 0 spiro atoms. The van der Waals surface area contributed by atoms with Gasteiger partial charge in [-0.2, -0.15) is 13.2 Å².